The number of hydrogen-bond donors (Lipinski definition) is 1. The molecule has 0 unspecified atom stereocenters. The Balaban J connectivity index is 2.12. The van der Waals surface area contributed by atoms with Crippen LogP contribution in [0, 0.1) is 5.21 Å². The van der Waals surface area contributed by atoms with Crippen molar-refractivity contribution < 1.29 is 27.4 Å². The first kappa shape index (κ1) is 19.9. The van der Waals surface area contributed by atoms with Crippen molar-refractivity contribution in [1.82, 2.24) is 0 Å². The fourth-order valence-corrected chi connectivity index (χ4v) is 2.71. The molecule has 1 aromatic carbocycles. The standard InChI is InChI=1S/C17H17F3N2O3S/c1-2-9-25-14-7-6-12(17(18,19)20)10-13(14)21-15(23)11-26-16-5-3-4-8-22(16)24/h3-8,10H,2,9,11H2,1H3,(H,21,23). The van der Waals surface area contributed by atoms with E-state index in [9.17, 15) is 23.2 Å². The molecule has 0 aliphatic carbocycles. The number of carbonyl (C=O) groups is 1. The van der Waals surface area contributed by atoms with Gasteiger partial charge in [0, 0.05) is 12.1 Å². The molecular formula is C17H17F3N2O3S. The number of thioether (sulfide) groups is 1. The summed E-state index contributed by atoms with van der Waals surface area (Å²) in [6, 6.07) is 7.67. The summed E-state index contributed by atoms with van der Waals surface area (Å²) in [5.41, 5.74) is -0.938. The first-order valence-electron chi connectivity index (χ1n) is 7.76. The molecule has 1 heterocycles. The third-order valence-electron chi connectivity index (χ3n) is 3.18. The van der Waals surface area contributed by atoms with Gasteiger partial charge in [0.15, 0.2) is 6.20 Å². The van der Waals surface area contributed by atoms with E-state index in [0.717, 1.165) is 23.9 Å². The number of carbonyl (C=O) groups excluding carboxylic acids is 1. The van der Waals surface area contributed by atoms with Crippen LogP contribution >= 0.6 is 11.8 Å². The second-order valence-electron chi connectivity index (χ2n) is 5.26. The number of halogens is 3. The fraction of sp³-hybridized carbons (Fsp3) is 0.294. The minimum atomic E-state index is -4.53. The number of nitrogens with zero attached hydrogens (tertiary/aromatic N) is 1. The van der Waals surface area contributed by atoms with E-state index < -0.39 is 17.6 Å². The van der Waals surface area contributed by atoms with Crippen LogP contribution < -0.4 is 14.8 Å². The smallest absolute Gasteiger partial charge is 0.416 e. The van der Waals surface area contributed by atoms with E-state index in [-0.39, 0.29) is 17.2 Å². The van der Waals surface area contributed by atoms with E-state index in [0.29, 0.717) is 22.8 Å². The molecule has 0 saturated carbocycles. The number of nitrogens with one attached hydrogen (secondary N) is 1. The van der Waals surface area contributed by atoms with Crippen LogP contribution in [0.5, 0.6) is 5.75 Å². The third-order valence-corrected chi connectivity index (χ3v) is 4.20. The highest BCUT2D eigenvalue weighted by Gasteiger charge is 2.31. The van der Waals surface area contributed by atoms with Gasteiger partial charge in [0.2, 0.25) is 5.91 Å². The van der Waals surface area contributed by atoms with Crippen molar-refractivity contribution in [2.75, 3.05) is 17.7 Å². The van der Waals surface area contributed by atoms with Crippen LogP contribution in [0.25, 0.3) is 0 Å². The number of anilines is 1. The molecule has 0 bridgehead atoms. The van der Waals surface area contributed by atoms with E-state index in [1.165, 1.54) is 12.3 Å². The van der Waals surface area contributed by atoms with Crippen molar-refractivity contribution >= 4 is 23.4 Å². The SMILES string of the molecule is CCCOc1ccc(C(F)(F)F)cc1NC(=O)CSc1cccc[n+]1[O-]. The molecule has 0 fully saturated rings. The lowest BCUT2D eigenvalue weighted by molar-refractivity contribution is -0.645. The van der Waals surface area contributed by atoms with E-state index in [2.05, 4.69) is 5.32 Å². The summed E-state index contributed by atoms with van der Waals surface area (Å²) in [4.78, 5) is 12.1. The highest BCUT2D eigenvalue weighted by molar-refractivity contribution is 7.99. The summed E-state index contributed by atoms with van der Waals surface area (Å²) in [5.74, 6) is -0.508. The maximum atomic E-state index is 12.9. The molecule has 1 aromatic heterocycles. The first-order valence-corrected chi connectivity index (χ1v) is 8.74. The minimum absolute atomic E-state index is 0.0538. The Kier molecular flexibility index (Phi) is 6.73. The number of benzene rings is 1. The van der Waals surface area contributed by atoms with Crippen LogP contribution in [0.3, 0.4) is 0 Å². The Morgan fingerprint density at radius 3 is 2.73 bits per heavy atom. The lowest BCUT2D eigenvalue weighted by Gasteiger charge is -2.15. The van der Waals surface area contributed by atoms with Crippen molar-refractivity contribution in [3.8, 4) is 5.75 Å². The molecule has 26 heavy (non-hydrogen) atoms. The van der Waals surface area contributed by atoms with Crippen LogP contribution in [0.4, 0.5) is 18.9 Å². The van der Waals surface area contributed by atoms with E-state index >= 15 is 0 Å². The van der Waals surface area contributed by atoms with Crippen LogP contribution in [0.1, 0.15) is 18.9 Å². The molecule has 0 radical (unpaired) electrons. The normalized spacial score (nSPS) is 11.2. The molecule has 1 N–H and O–H groups in total. The third kappa shape index (κ3) is 5.55. The molecule has 0 aliphatic heterocycles. The largest absolute Gasteiger partial charge is 0.618 e. The Morgan fingerprint density at radius 1 is 1.31 bits per heavy atom. The van der Waals surface area contributed by atoms with Gasteiger partial charge in [-0.25, -0.2) is 0 Å². The quantitative estimate of drug-likeness (QED) is 0.446. The van der Waals surface area contributed by atoms with Crippen LogP contribution in [0.2, 0.25) is 0 Å². The first-order chi connectivity index (χ1) is 12.3. The molecule has 2 rings (SSSR count). The molecule has 5 nitrogen and oxygen atoms in total. The van der Waals surface area contributed by atoms with E-state index in [1.807, 2.05) is 6.92 Å². The van der Waals surface area contributed by atoms with Crippen LogP contribution in [-0.4, -0.2) is 18.3 Å². The lowest BCUT2D eigenvalue weighted by atomic mass is 10.1. The summed E-state index contributed by atoms with van der Waals surface area (Å²) in [6.07, 6.45) is -2.57. The number of pyridine rings is 1. The summed E-state index contributed by atoms with van der Waals surface area (Å²) in [7, 11) is 0. The maximum Gasteiger partial charge on any atom is 0.416 e. The zero-order valence-corrected chi connectivity index (χ0v) is 14.7. The van der Waals surface area contributed by atoms with Crippen LogP contribution in [0.15, 0.2) is 47.6 Å². The Labute approximate surface area is 152 Å². The topological polar surface area (TPSA) is 65.3 Å². The molecule has 1 amide bonds. The van der Waals surface area contributed by atoms with Gasteiger partial charge in [-0.15, -0.1) is 0 Å². The summed E-state index contributed by atoms with van der Waals surface area (Å²) < 4.78 is 44.7. The number of ether oxygens (including phenoxy) is 1. The van der Waals surface area contributed by atoms with Gasteiger partial charge in [-0.05, 0) is 42.4 Å². The number of alkyl halides is 3. The zero-order chi connectivity index (χ0) is 19.2. The van der Waals surface area contributed by atoms with E-state index in [1.54, 1.807) is 18.2 Å². The molecule has 9 heteroatoms. The van der Waals surface area contributed by atoms with Gasteiger partial charge >= 0.3 is 6.18 Å². The second kappa shape index (κ2) is 8.79. The Morgan fingerprint density at radius 2 is 2.08 bits per heavy atom. The molecule has 0 atom stereocenters. The highest BCUT2D eigenvalue weighted by atomic mass is 32.2. The highest BCUT2D eigenvalue weighted by Crippen LogP contribution is 2.35. The Hall–Kier alpha value is -2.42. The number of rotatable bonds is 7. The van der Waals surface area contributed by atoms with Gasteiger partial charge in [-0.3, -0.25) is 4.79 Å². The van der Waals surface area contributed by atoms with Crippen molar-refractivity contribution in [2.24, 2.45) is 0 Å². The van der Waals surface area contributed by atoms with Gasteiger partial charge < -0.3 is 15.3 Å². The summed E-state index contributed by atoms with van der Waals surface area (Å²) in [6.45, 7) is 2.17. The summed E-state index contributed by atoms with van der Waals surface area (Å²) in [5, 5.41) is 14.3. The van der Waals surface area contributed by atoms with Crippen molar-refractivity contribution in [1.29, 1.82) is 0 Å². The summed E-state index contributed by atoms with van der Waals surface area (Å²) >= 11 is 0.983. The fourth-order valence-electron chi connectivity index (χ4n) is 1.99. The molecular weight excluding hydrogens is 369 g/mol. The lowest BCUT2D eigenvalue weighted by Crippen LogP contribution is -2.28. The van der Waals surface area contributed by atoms with Gasteiger partial charge in [-0.2, -0.15) is 17.9 Å². The number of hydrogen-bond acceptors (Lipinski definition) is 4. The van der Waals surface area contributed by atoms with Crippen molar-refractivity contribution in [3.05, 3.63) is 53.4 Å². The monoisotopic (exact) mass is 386 g/mol. The van der Waals surface area contributed by atoms with Gasteiger partial charge in [-0.1, -0.05) is 6.92 Å². The molecule has 0 spiro atoms. The predicted molar refractivity (Wildman–Crippen MR) is 92.0 cm³/mol. The number of aromatic nitrogens is 1. The molecule has 140 valence electrons. The molecule has 2 aromatic rings. The van der Waals surface area contributed by atoms with Crippen LogP contribution in [-0.2, 0) is 11.0 Å². The molecule has 0 aliphatic rings. The molecule has 0 saturated heterocycles. The predicted octanol–water partition coefficient (Wildman–Crippen LogP) is 3.86. The Bertz CT molecular complexity index is 769. The van der Waals surface area contributed by atoms with Crippen molar-refractivity contribution in [2.45, 2.75) is 24.5 Å². The average molecular weight is 386 g/mol. The van der Waals surface area contributed by atoms with Crippen molar-refractivity contribution in [3.63, 3.8) is 0 Å². The van der Waals surface area contributed by atoms with Gasteiger partial charge in [0.25, 0.3) is 5.03 Å². The average Bonchev–Trinajstić information content (AvgIpc) is 2.59. The maximum absolute atomic E-state index is 12.9. The van der Waals surface area contributed by atoms with Gasteiger partial charge in [0.1, 0.15) is 5.75 Å². The second-order valence-corrected chi connectivity index (χ2v) is 6.25. The number of amides is 1. The zero-order valence-electron chi connectivity index (χ0n) is 13.9. The minimum Gasteiger partial charge on any atom is -0.618 e. The van der Waals surface area contributed by atoms with Gasteiger partial charge in [0.05, 0.1) is 23.6 Å². The van der Waals surface area contributed by atoms with E-state index in [4.69, 9.17) is 4.74 Å².